The van der Waals surface area contributed by atoms with Gasteiger partial charge in [-0.2, -0.15) is 0 Å². The van der Waals surface area contributed by atoms with Crippen molar-refractivity contribution in [2.75, 3.05) is 21.2 Å². The molecule has 1 aliphatic rings. The van der Waals surface area contributed by atoms with Gasteiger partial charge in [-0.25, -0.2) is 0 Å². The third kappa shape index (κ3) is 6.91. The monoisotopic (exact) mass is 712 g/mol. The highest BCUT2D eigenvalue weighted by atomic mass is 16.2. The quantitative estimate of drug-likeness (QED) is 0.141. The molecule has 0 aromatic heterocycles. The average molecular weight is 713 g/mol. The highest BCUT2D eigenvalue weighted by Crippen LogP contribution is 2.47. The van der Waals surface area contributed by atoms with Crippen LogP contribution in [0.3, 0.4) is 0 Å². The predicted molar refractivity (Wildman–Crippen MR) is 230 cm³/mol. The first-order valence-corrected chi connectivity index (χ1v) is 19.7. The van der Waals surface area contributed by atoms with Gasteiger partial charge in [0, 0.05) is 41.0 Å². The van der Waals surface area contributed by atoms with E-state index >= 15 is 0 Å². The van der Waals surface area contributed by atoms with E-state index in [1.165, 1.54) is 38.7 Å². The van der Waals surface area contributed by atoms with Gasteiger partial charge in [-0.05, 0) is 81.6 Å². The van der Waals surface area contributed by atoms with Gasteiger partial charge in [0.2, 0.25) is 5.91 Å². The third-order valence-electron chi connectivity index (χ3n) is 10.9. The Morgan fingerprint density at radius 1 is 0.500 bits per heavy atom. The highest BCUT2D eigenvalue weighted by molar-refractivity contribution is 6.02. The van der Waals surface area contributed by atoms with E-state index in [9.17, 15) is 4.79 Å². The molecule has 1 saturated heterocycles. The number of amides is 1. The minimum Gasteiger partial charge on any atom is -0.340 e. The lowest BCUT2D eigenvalue weighted by Crippen LogP contribution is -2.53. The number of carbonyl (C=O) groups is 1. The summed E-state index contributed by atoms with van der Waals surface area (Å²) in [6, 6.07) is 47.9. The van der Waals surface area contributed by atoms with Gasteiger partial charge in [0.1, 0.15) is 0 Å². The molecule has 1 aliphatic heterocycles. The van der Waals surface area contributed by atoms with Crippen molar-refractivity contribution >= 4 is 45.1 Å². The van der Waals surface area contributed by atoms with Gasteiger partial charge in [0.05, 0.1) is 11.4 Å². The number of carbonyl (C=O) groups excluding carboxylic acids is 1. The smallest absolute Gasteiger partial charge is 0.231 e. The van der Waals surface area contributed by atoms with Gasteiger partial charge >= 0.3 is 0 Å². The van der Waals surface area contributed by atoms with Crippen molar-refractivity contribution in [1.29, 1.82) is 0 Å². The summed E-state index contributed by atoms with van der Waals surface area (Å²) in [5, 5.41) is 2.39. The first-order chi connectivity index (χ1) is 26.1. The Labute approximate surface area is 323 Å². The van der Waals surface area contributed by atoms with Crippen LogP contribution in [0.4, 0.5) is 28.4 Å². The lowest BCUT2D eigenvalue weighted by Gasteiger charge is -2.47. The summed E-state index contributed by atoms with van der Waals surface area (Å²) < 4.78 is 0. The Hall–Kier alpha value is -5.35. The topological polar surface area (TPSA) is 26.8 Å². The zero-order chi connectivity index (χ0) is 38.1. The van der Waals surface area contributed by atoms with Crippen LogP contribution in [0.5, 0.6) is 0 Å². The standard InChI is InChI=1S/C50H54N3O/c1-33(2)41-22-15-23-42(34(3)4)48(41)51-32-31-47(54)53(49-43(35(5)6)24-16-25-44(49)36(7)8)50(51)38-27-29-40(30-28-38)52(39-19-10-9-11-20-39)46-26-14-18-37-17-12-13-21-45(37)46/h9-30,33-36H,31-32H2,1-8H3. The Morgan fingerprint density at radius 3 is 1.56 bits per heavy atom. The largest absolute Gasteiger partial charge is 0.340 e. The Kier molecular flexibility index (Phi) is 10.7. The number of anilines is 5. The second-order valence-corrected chi connectivity index (χ2v) is 15.9. The summed E-state index contributed by atoms with van der Waals surface area (Å²) in [6.07, 6.45) is 1.36. The first-order valence-electron chi connectivity index (χ1n) is 19.7. The number of fused-ring (bicyclic) bond motifs is 1. The SMILES string of the molecule is CC(C)c1cccc(C(C)C)c1N1CCC(=O)N(c2c(C(C)C)cccc2C(C)C)[C]1c1ccc(N(c2ccccc2)c2cccc3ccccc23)cc1. The maximum absolute atomic E-state index is 14.7. The van der Waals surface area contributed by atoms with E-state index in [1.54, 1.807) is 0 Å². The van der Waals surface area contributed by atoms with Crippen LogP contribution in [0.1, 0.15) is 113 Å². The normalized spacial score (nSPS) is 14.0. The van der Waals surface area contributed by atoms with E-state index < -0.39 is 0 Å². The molecular weight excluding hydrogens is 659 g/mol. The van der Waals surface area contributed by atoms with E-state index in [1.807, 2.05) is 0 Å². The fourth-order valence-electron chi connectivity index (χ4n) is 8.16. The lowest BCUT2D eigenvalue weighted by atomic mass is 9.88. The van der Waals surface area contributed by atoms with E-state index in [2.05, 4.69) is 204 Å². The van der Waals surface area contributed by atoms with Crippen LogP contribution in [0, 0.1) is 6.17 Å². The van der Waals surface area contributed by atoms with E-state index in [-0.39, 0.29) is 17.7 Å². The van der Waals surface area contributed by atoms with Crippen molar-refractivity contribution in [3.8, 4) is 0 Å². The molecule has 0 aliphatic carbocycles. The molecule has 1 heterocycles. The van der Waals surface area contributed by atoms with Gasteiger partial charge in [-0.3, -0.25) is 9.69 Å². The predicted octanol–water partition coefficient (Wildman–Crippen LogP) is 13.6. The first kappa shape index (κ1) is 37.0. The molecule has 6 aromatic rings. The molecule has 275 valence electrons. The Bertz CT molecular complexity index is 2180. The number of nitrogens with zero attached hydrogens (tertiary/aromatic N) is 3. The molecule has 54 heavy (non-hydrogen) atoms. The number of benzene rings is 6. The van der Waals surface area contributed by atoms with Crippen molar-refractivity contribution in [3.63, 3.8) is 0 Å². The number of rotatable bonds is 10. The number of para-hydroxylation sites is 3. The Morgan fingerprint density at radius 2 is 0.981 bits per heavy atom. The van der Waals surface area contributed by atoms with E-state index in [0.717, 1.165) is 34.5 Å². The lowest BCUT2D eigenvalue weighted by molar-refractivity contribution is -0.118. The second kappa shape index (κ2) is 15.6. The fourth-order valence-corrected chi connectivity index (χ4v) is 8.16. The second-order valence-electron chi connectivity index (χ2n) is 15.9. The van der Waals surface area contributed by atoms with Crippen molar-refractivity contribution < 1.29 is 4.79 Å². The summed E-state index contributed by atoms with van der Waals surface area (Å²) in [6.45, 7) is 18.7. The Balaban J connectivity index is 1.46. The zero-order valence-electron chi connectivity index (χ0n) is 33.2. The molecule has 0 N–H and O–H groups in total. The number of hydrogen-bond acceptors (Lipinski definition) is 3. The maximum atomic E-state index is 14.7. The van der Waals surface area contributed by atoms with Gasteiger partial charge in [0.15, 0.2) is 6.17 Å². The van der Waals surface area contributed by atoms with Crippen molar-refractivity contribution in [1.82, 2.24) is 0 Å². The fraction of sp³-hybridized carbons (Fsp3) is 0.280. The molecule has 6 aromatic carbocycles. The molecule has 1 fully saturated rings. The van der Waals surface area contributed by atoms with Crippen LogP contribution in [0.25, 0.3) is 10.8 Å². The summed E-state index contributed by atoms with van der Waals surface area (Å²) in [5.74, 6) is 1.22. The molecule has 0 atom stereocenters. The molecule has 4 nitrogen and oxygen atoms in total. The molecule has 1 amide bonds. The molecule has 1 radical (unpaired) electrons. The van der Waals surface area contributed by atoms with Gasteiger partial charge in [-0.15, -0.1) is 0 Å². The minimum absolute atomic E-state index is 0.134. The van der Waals surface area contributed by atoms with Crippen molar-refractivity contribution in [3.05, 3.63) is 167 Å². The molecule has 0 unspecified atom stereocenters. The van der Waals surface area contributed by atoms with Crippen LogP contribution < -0.4 is 14.7 Å². The van der Waals surface area contributed by atoms with Crippen LogP contribution in [-0.4, -0.2) is 12.5 Å². The summed E-state index contributed by atoms with van der Waals surface area (Å²) >= 11 is 0. The van der Waals surface area contributed by atoms with Crippen molar-refractivity contribution in [2.45, 2.75) is 85.5 Å². The molecule has 0 saturated carbocycles. The van der Waals surface area contributed by atoms with E-state index in [4.69, 9.17) is 0 Å². The van der Waals surface area contributed by atoms with Crippen LogP contribution in [0.15, 0.2) is 133 Å². The summed E-state index contributed by atoms with van der Waals surface area (Å²) in [4.78, 5) is 21.6. The molecule has 0 bridgehead atoms. The third-order valence-corrected chi connectivity index (χ3v) is 10.9. The van der Waals surface area contributed by atoms with Gasteiger partial charge in [0.25, 0.3) is 0 Å². The summed E-state index contributed by atoms with van der Waals surface area (Å²) in [5.41, 5.74) is 11.5. The van der Waals surface area contributed by atoms with Crippen LogP contribution >= 0.6 is 0 Å². The number of hydrogen-bond donors (Lipinski definition) is 0. The van der Waals surface area contributed by atoms with Crippen molar-refractivity contribution in [2.24, 2.45) is 0 Å². The molecule has 4 heteroatoms. The van der Waals surface area contributed by atoms with Crippen LogP contribution in [-0.2, 0) is 4.79 Å². The minimum atomic E-state index is 0.134. The zero-order valence-corrected chi connectivity index (χ0v) is 33.2. The van der Waals surface area contributed by atoms with Gasteiger partial charge in [-0.1, -0.05) is 159 Å². The molecule has 7 rings (SSSR count). The van der Waals surface area contributed by atoms with Crippen LogP contribution in [0.2, 0.25) is 0 Å². The van der Waals surface area contributed by atoms with Gasteiger partial charge < -0.3 is 9.80 Å². The highest BCUT2D eigenvalue weighted by Gasteiger charge is 2.42. The average Bonchev–Trinajstić information content (AvgIpc) is 3.18. The summed E-state index contributed by atoms with van der Waals surface area (Å²) in [7, 11) is 0. The molecule has 0 spiro atoms. The van der Waals surface area contributed by atoms with E-state index in [0.29, 0.717) is 24.8 Å². The molecular formula is C50H54N3O. The maximum Gasteiger partial charge on any atom is 0.231 e.